The van der Waals surface area contributed by atoms with E-state index in [9.17, 15) is 4.79 Å². The van der Waals surface area contributed by atoms with Crippen molar-refractivity contribution < 1.29 is 9.53 Å². The molecule has 1 unspecified atom stereocenters. The summed E-state index contributed by atoms with van der Waals surface area (Å²) in [6.07, 6.45) is 4.77. The van der Waals surface area contributed by atoms with Crippen LogP contribution in [0, 0.1) is 0 Å². The summed E-state index contributed by atoms with van der Waals surface area (Å²) < 4.78 is 5.55. The second kappa shape index (κ2) is 5.42. The molecule has 0 aromatic carbocycles. The summed E-state index contributed by atoms with van der Waals surface area (Å²) in [7, 11) is 0. The van der Waals surface area contributed by atoms with Crippen LogP contribution in [-0.2, 0) is 16.0 Å². The molecule has 0 aliphatic carbocycles. The first kappa shape index (κ1) is 10.8. The Labute approximate surface area is 94.3 Å². The second-order valence-corrected chi connectivity index (χ2v) is 5.02. The Morgan fingerprint density at radius 2 is 2.47 bits per heavy atom. The van der Waals surface area contributed by atoms with Crippen LogP contribution in [0.5, 0.6) is 0 Å². The molecule has 1 aliphatic heterocycles. The quantitative estimate of drug-likeness (QED) is 0.786. The molecule has 15 heavy (non-hydrogen) atoms. The smallest absolute Gasteiger partial charge is 0.140 e. The minimum absolute atomic E-state index is 0.186. The summed E-state index contributed by atoms with van der Waals surface area (Å²) in [6, 6.07) is 4.01. The summed E-state index contributed by atoms with van der Waals surface area (Å²) >= 11 is 1.65. The molecule has 2 heterocycles. The average Bonchev–Trinajstić information content (AvgIpc) is 2.71. The molecule has 2 nitrogen and oxygen atoms in total. The van der Waals surface area contributed by atoms with Gasteiger partial charge in [-0.2, -0.15) is 0 Å². The van der Waals surface area contributed by atoms with Gasteiger partial charge in [0.15, 0.2) is 0 Å². The Bertz CT molecular complexity index is 299. The van der Waals surface area contributed by atoms with Crippen molar-refractivity contribution >= 4 is 17.1 Å². The highest BCUT2D eigenvalue weighted by atomic mass is 32.1. The van der Waals surface area contributed by atoms with E-state index >= 15 is 0 Å². The number of hydrogen-bond acceptors (Lipinski definition) is 3. The molecule has 1 aliphatic rings. The summed E-state index contributed by atoms with van der Waals surface area (Å²) in [5, 5.41) is 2.01. The lowest BCUT2D eigenvalue weighted by molar-refractivity contribution is -0.122. The Morgan fingerprint density at radius 3 is 3.13 bits per heavy atom. The zero-order valence-electron chi connectivity index (χ0n) is 8.78. The van der Waals surface area contributed by atoms with E-state index in [2.05, 4.69) is 0 Å². The van der Waals surface area contributed by atoms with Crippen LogP contribution >= 0.6 is 11.3 Å². The van der Waals surface area contributed by atoms with Gasteiger partial charge in [-0.3, -0.25) is 4.79 Å². The topological polar surface area (TPSA) is 26.3 Å². The third-order valence-electron chi connectivity index (χ3n) is 2.68. The normalized spacial score (nSPS) is 21.5. The maximum absolute atomic E-state index is 11.7. The SMILES string of the molecule is O=C(Cc1cccs1)CC1CCCCO1. The maximum atomic E-state index is 11.7. The summed E-state index contributed by atoms with van der Waals surface area (Å²) in [6.45, 7) is 0.830. The molecule has 0 amide bonds. The number of ketones is 1. The fraction of sp³-hybridized carbons (Fsp3) is 0.583. The van der Waals surface area contributed by atoms with Crippen LogP contribution in [0.15, 0.2) is 17.5 Å². The van der Waals surface area contributed by atoms with E-state index in [1.165, 1.54) is 6.42 Å². The van der Waals surface area contributed by atoms with E-state index in [1.807, 2.05) is 17.5 Å². The average molecular weight is 224 g/mol. The molecule has 0 bridgehead atoms. The van der Waals surface area contributed by atoms with Gasteiger partial charge in [-0.05, 0) is 30.7 Å². The van der Waals surface area contributed by atoms with E-state index in [4.69, 9.17) is 4.74 Å². The zero-order valence-corrected chi connectivity index (χ0v) is 9.59. The van der Waals surface area contributed by atoms with Crippen molar-refractivity contribution in [3.63, 3.8) is 0 Å². The molecule has 82 valence electrons. The van der Waals surface area contributed by atoms with Gasteiger partial charge in [-0.25, -0.2) is 0 Å². The van der Waals surface area contributed by atoms with Crippen molar-refractivity contribution in [1.82, 2.24) is 0 Å². The van der Waals surface area contributed by atoms with Crippen molar-refractivity contribution in [2.45, 2.75) is 38.2 Å². The van der Waals surface area contributed by atoms with Crippen molar-refractivity contribution in [2.75, 3.05) is 6.61 Å². The highest BCUT2D eigenvalue weighted by Crippen LogP contribution is 2.17. The van der Waals surface area contributed by atoms with Gasteiger partial charge in [0.05, 0.1) is 6.10 Å². The second-order valence-electron chi connectivity index (χ2n) is 3.99. The van der Waals surface area contributed by atoms with Gasteiger partial charge in [0, 0.05) is 24.3 Å². The van der Waals surface area contributed by atoms with Gasteiger partial charge in [-0.15, -0.1) is 11.3 Å². The Kier molecular flexibility index (Phi) is 3.92. The molecule has 0 saturated carbocycles. The van der Waals surface area contributed by atoms with Crippen molar-refractivity contribution in [2.24, 2.45) is 0 Å². The molecule has 0 N–H and O–H groups in total. The van der Waals surface area contributed by atoms with Gasteiger partial charge in [0.2, 0.25) is 0 Å². The predicted molar refractivity (Wildman–Crippen MR) is 61.2 cm³/mol. The van der Waals surface area contributed by atoms with Gasteiger partial charge < -0.3 is 4.74 Å². The molecule has 0 spiro atoms. The Hall–Kier alpha value is -0.670. The molecule has 1 aromatic rings. The molecule has 2 rings (SSSR count). The minimum Gasteiger partial charge on any atom is -0.378 e. The summed E-state index contributed by atoms with van der Waals surface area (Å²) in [5.74, 6) is 0.310. The molecular weight excluding hydrogens is 208 g/mol. The first-order chi connectivity index (χ1) is 7.34. The molecule has 0 radical (unpaired) electrons. The van der Waals surface area contributed by atoms with Crippen LogP contribution in [0.25, 0.3) is 0 Å². The van der Waals surface area contributed by atoms with Crippen LogP contribution in [-0.4, -0.2) is 18.5 Å². The first-order valence-corrected chi connectivity index (χ1v) is 6.38. The van der Waals surface area contributed by atoms with Gasteiger partial charge in [0.25, 0.3) is 0 Å². The number of hydrogen-bond donors (Lipinski definition) is 0. The van der Waals surface area contributed by atoms with E-state index in [-0.39, 0.29) is 6.10 Å². The molecule has 1 fully saturated rings. The zero-order chi connectivity index (χ0) is 10.5. The van der Waals surface area contributed by atoms with E-state index < -0.39 is 0 Å². The van der Waals surface area contributed by atoms with Crippen molar-refractivity contribution in [3.8, 4) is 0 Å². The lowest BCUT2D eigenvalue weighted by Crippen LogP contribution is -2.22. The first-order valence-electron chi connectivity index (χ1n) is 5.50. The van der Waals surface area contributed by atoms with E-state index in [1.54, 1.807) is 11.3 Å². The Morgan fingerprint density at radius 1 is 1.53 bits per heavy atom. The van der Waals surface area contributed by atoms with Crippen LogP contribution in [0.1, 0.15) is 30.6 Å². The van der Waals surface area contributed by atoms with Crippen LogP contribution in [0.3, 0.4) is 0 Å². The number of carbonyl (C=O) groups excluding carboxylic acids is 1. The van der Waals surface area contributed by atoms with Gasteiger partial charge in [0.1, 0.15) is 5.78 Å². The molecule has 1 aromatic heterocycles. The Balaban J connectivity index is 1.76. The largest absolute Gasteiger partial charge is 0.378 e. The summed E-state index contributed by atoms with van der Waals surface area (Å²) in [5.41, 5.74) is 0. The van der Waals surface area contributed by atoms with Crippen molar-refractivity contribution in [1.29, 1.82) is 0 Å². The summed E-state index contributed by atoms with van der Waals surface area (Å²) in [4.78, 5) is 12.9. The molecule has 1 saturated heterocycles. The third-order valence-corrected chi connectivity index (χ3v) is 3.56. The number of carbonyl (C=O) groups is 1. The number of Topliss-reactive ketones (excluding diaryl/α,β-unsaturated/α-hetero) is 1. The lowest BCUT2D eigenvalue weighted by atomic mass is 10.0. The number of ether oxygens (including phenoxy) is 1. The minimum atomic E-state index is 0.186. The van der Waals surface area contributed by atoms with Gasteiger partial charge in [-0.1, -0.05) is 6.07 Å². The van der Waals surface area contributed by atoms with Crippen LogP contribution < -0.4 is 0 Å². The lowest BCUT2D eigenvalue weighted by Gasteiger charge is -2.21. The highest BCUT2D eigenvalue weighted by molar-refractivity contribution is 7.10. The van der Waals surface area contributed by atoms with Crippen molar-refractivity contribution in [3.05, 3.63) is 22.4 Å². The molecular formula is C12H16O2S. The van der Waals surface area contributed by atoms with E-state index in [0.29, 0.717) is 18.6 Å². The molecule has 3 heteroatoms. The predicted octanol–water partition coefficient (Wildman–Crippen LogP) is 2.82. The molecule has 1 atom stereocenters. The maximum Gasteiger partial charge on any atom is 0.140 e. The fourth-order valence-electron chi connectivity index (χ4n) is 1.90. The monoisotopic (exact) mass is 224 g/mol. The number of thiophene rings is 1. The number of rotatable bonds is 4. The van der Waals surface area contributed by atoms with Gasteiger partial charge >= 0.3 is 0 Å². The fourth-order valence-corrected chi connectivity index (χ4v) is 2.64. The van der Waals surface area contributed by atoms with Crippen LogP contribution in [0.2, 0.25) is 0 Å². The van der Waals surface area contributed by atoms with E-state index in [0.717, 1.165) is 24.3 Å². The highest BCUT2D eigenvalue weighted by Gasteiger charge is 2.17. The third kappa shape index (κ3) is 3.43. The van der Waals surface area contributed by atoms with Crippen LogP contribution in [0.4, 0.5) is 0 Å². The standard InChI is InChI=1S/C12H16O2S/c13-10(9-12-5-3-7-15-12)8-11-4-1-2-6-14-11/h3,5,7,11H,1-2,4,6,8-9H2.